The van der Waals surface area contributed by atoms with Crippen molar-refractivity contribution in [3.8, 4) is 55.6 Å². The monoisotopic (exact) mass is 1450 g/mol. The van der Waals surface area contributed by atoms with Crippen molar-refractivity contribution < 1.29 is 0 Å². The molecule has 0 bridgehead atoms. The zero-order valence-corrected chi connectivity index (χ0v) is 67.0. The molecule has 0 radical (unpaired) electrons. The van der Waals surface area contributed by atoms with Gasteiger partial charge in [0.25, 0.3) is 0 Å². The summed E-state index contributed by atoms with van der Waals surface area (Å²) in [6.07, 6.45) is 0. The van der Waals surface area contributed by atoms with Gasteiger partial charge in [0.15, 0.2) is 0 Å². The molecule has 0 saturated heterocycles. The molecule has 5 aliphatic rings. The molecule has 0 nitrogen and oxygen atoms in total. The van der Waals surface area contributed by atoms with Gasteiger partial charge in [-0.3, -0.25) is 0 Å². The fourth-order valence-electron chi connectivity index (χ4n) is 18.8. The van der Waals surface area contributed by atoms with Gasteiger partial charge in [-0.1, -0.05) is 450 Å². The van der Waals surface area contributed by atoms with E-state index in [4.69, 9.17) is 0 Å². The Kier molecular flexibility index (Phi) is 20.5. The van der Waals surface area contributed by atoms with Crippen molar-refractivity contribution in [2.75, 3.05) is 0 Å². The topological polar surface area (TPSA) is 0 Å². The largest absolute Gasteiger partial charge is 0.0725 e. The Morgan fingerprint density at radius 3 is 0.965 bits per heavy atom. The first-order chi connectivity index (χ1) is 55.0. The summed E-state index contributed by atoms with van der Waals surface area (Å²) in [5.41, 5.74) is 40.0. The van der Waals surface area contributed by atoms with Crippen molar-refractivity contribution in [3.05, 3.63) is 500 Å². The Morgan fingerprint density at radius 2 is 0.478 bits per heavy atom. The summed E-state index contributed by atoms with van der Waals surface area (Å²) in [4.78, 5) is 0. The summed E-state index contributed by atoms with van der Waals surface area (Å²) in [6, 6.07) is 142. The minimum Gasteiger partial charge on any atom is -0.0622 e. The maximum absolute atomic E-state index is 2.40. The van der Waals surface area contributed by atoms with Gasteiger partial charge >= 0.3 is 0 Å². The Balaban J connectivity index is 0.000000103. The molecular formula is C113H98. The first kappa shape index (κ1) is 74.4. The second-order valence-electron chi connectivity index (χ2n) is 32.2. The Morgan fingerprint density at radius 1 is 0.168 bits per heavy atom. The predicted octanol–water partition coefficient (Wildman–Crippen LogP) is 29.6. The van der Waals surface area contributed by atoms with Crippen LogP contribution in [0.15, 0.2) is 394 Å². The second kappa shape index (κ2) is 31.2. The van der Waals surface area contributed by atoms with E-state index in [1.54, 1.807) is 0 Å². The third-order valence-corrected chi connectivity index (χ3v) is 24.2. The average Bonchev–Trinajstić information content (AvgIpc) is 1.51. The van der Waals surface area contributed by atoms with Crippen molar-refractivity contribution in [2.45, 2.75) is 97.8 Å². The number of hydrogen-bond acceptors (Lipinski definition) is 0. The molecule has 0 heterocycles. The van der Waals surface area contributed by atoms with Crippen LogP contribution >= 0.6 is 0 Å². The van der Waals surface area contributed by atoms with E-state index >= 15 is 0 Å². The Hall–Kier alpha value is -12.7. The van der Waals surface area contributed by atoms with Gasteiger partial charge in [0.05, 0.1) is 10.8 Å². The molecule has 0 N–H and O–H groups in total. The number of rotatable bonds is 2. The molecule has 0 aliphatic heterocycles. The third-order valence-electron chi connectivity index (χ3n) is 24.2. The van der Waals surface area contributed by atoms with Crippen molar-refractivity contribution in [1.29, 1.82) is 0 Å². The highest BCUT2D eigenvalue weighted by atomic mass is 14.5. The van der Waals surface area contributed by atoms with E-state index in [1.165, 1.54) is 183 Å². The first-order valence-corrected chi connectivity index (χ1v) is 40.0. The molecule has 0 saturated carbocycles. The van der Waals surface area contributed by atoms with Crippen LogP contribution in [0.25, 0.3) is 77.2 Å². The maximum atomic E-state index is 2.40. The fraction of sp³-hybridized carbons (Fsp3) is 0.133. The summed E-state index contributed by atoms with van der Waals surface area (Å²) in [5.74, 6) is 0. The molecule has 5 aliphatic carbocycles. The minimum atomic E-state index is -0.263. The van der Waals surface area contributed by atoms with Crippen LogP contribution in [-0.4, -0.2) is 0 Å². The van der Waals surface area contributed by atoms with Crippen LogP contribution in [0.4, 0.5) is 0 Å². The van der Waals surface area contributed by atoms with Crippen molar-refractivity contribution in [2.24, 2.45) is 0 Å². The van der Waals surface area contributed by atoms with E-state index in [0.29, 0.717) is 0 Å². The van der Waals surface area contributed by atoms with Gasteiger partial charge < -0.3 is 0 Å². The number of fused-ring (bicyclic) bond motifs is 21. The lowest BCUT2D eigenvalue weighted by molar-refractivity contribution is 0.659. The van der Waals surface area contributed by atoms with E-state index in [2.05, 4.69) is 452 Å². The Labute approximate surface area is 670 Å². The number of benzene rings is 17. The lowest BCUT2D eigenvalue weighted by Crippen LogP contribution is -2.28. The highest BCUT2D eigenvalue weighted by Crippen LogP contribution is 2.63. The smallest absolute Gasteiger partial charge is 0.0622 e. The summed E-state index contributed by atoms with van der Waals surface area (Å²) < 4.78 is 0. The summed E-state index contributed by atoms with van der Waals surface area (Å²) in [7, 11) is 0. The highest BCUT2D eigenvalue weighted by Gasteiger charge is 2.52. The lowest BCUT2D eigenvalue weighted by atomic mass is 9.67. The molecule has 113 heavy (non-hydrogen) atoms. The van der Waals surface area contributed by atoms with Gasteiger partial charge in [-0.05, 0) is 204 Å². The molecule has 550 valence electrons. The summed E-state index contributed by atoms with van der Waals surface area (Å²) in [5, 5.41) is 5.33. The predicted molar refractivity (Wildman–Crippen MR) is 482 cm³/mol. The van der Waals surface area contributed by atoms with E-state index < -0.39 is 0 Å². The van der Waals surface area contributed by atoms with Gasteiger partial charge in [0, 0.05) is 10.8 Å². The molecule has 22 rings (SSSR count). The zero-order valence-electron chi connectivity index (χ0n) is 67.0. The minimum absolute atomic E-state index is 0.151. The van der Waals surface area contributed by atoms with E-state index in [9.17, 15) is 0 Å². The van der Waals surface area contributed by atoms with Crippen LogP contribution in [0, 0.1) is 48.5 Å². The van der Waals surface area contributed by atoms with Crippen molar-refractivity contribution >= 4 is 21.5 Å². The standard InChI is InChI=1S/C26H18.C26H20.2C16H16.2C11H10.C7H8/c1-17-14-15-21-20-10-4-7-13-24(20)26(25(21)16-17)22-11-5-2-8-18(22)19-9-3-6-12-23(19)26;1-19-16-17-23-22-14-8-9-15-24(22)26(25(23)18-19,20-10-4-2-5-11-20)21-12-6-3-7-13-21;1-11-7-6-10-14-15(11)12-8-4-5-9-13(12)16(14,2)3;1-11-8-9-13-12-6-4-5-7-14(12)16(2,3)15(13)10-11;1-9-5-4-7-10-6-2-3-8-11(9)10;1-9-6-7-10-4-2-3-5-11(10)8-9;1-7-5-3-2-4-6-7/h2-16H,1H3;2-18H,1H3;2*4-10H,1-3H3;2*2-8H,1H3;2-6H,1H3. The molecule has 0 fully saturated rings. The van der Waals surface area contributed by atoms with Crippen LogP contribution < -0.4 is 0 Å². The number of hydrogen-bond donors (Lipinski definition) is 0. The molecule has 0 atom stereocenters. The second-order valence-corrected chi connectivity index (χ2v) is 32.2. The molecule has 0 unspecified atom stereocenters. The molecule has 17 aromatic rings. The fourth-order valence-corrected chi connectivity index (χ4v) is 18.8. The highest BCUT2D eigenvalue weighted by molar-refractivity contribution is 5.96. The van der Waals surface area contributed by atoms with E-state index in [1.807, 2.05) is 18.2 Å². The third kappa shape index (κ3) is 13.5. The van der Waals surface area contributed by atoms with Crippen LogP contribution in [0.2, 0.25) is 0 Å². The van der Waals surface area contributed by atoms with Crippen LogP contribution in [0.5, 0.6) is 0 Å². The van der Waals surface area contributed by atoms with Crippen LogP contribution in [0.3, 0.4) is 0 Å². The first-order valence-electron chi connectivity index (χ1n) is 40.0. The van der Waals surface area contributed by atoms with Gasteiger partial charge in [-0.15, -0.1) is 0 Å². The molecule has 1 spiro atoms. The lowest BCUT2D eigenvalue weighted by Gasteiger charge is -2.34. The maximum Gasteiger partial charge on any atom is 0.0725 e. The number of aryl methyl sites for hydroxylation is 7. The molecule has 17 aromatic carbocycles. The van der Waals surface area contributed by atoms with Gasteiger partial charge in [-0.25, -0.2) is 0 Å². The summed E-state index contributed by atoms with van der Waals surface area (Å²) >= 11 is 0. The summed E-state index contributed by atoms with van der Waals surface area (Å²) in [6.45, 7) is 24.4. The quantitative estimate of drug-likeness (QED) is 0.162. The average molecular weight is 1460 g/mol. The van der Waals surface area contributed by atoms with Gasteiger partial charge in [-0.2, -0.15) is 0 Å². The van der Waals surface area contributed by atoms with Gasteiger partial charge in [0.2, 0.25) is 0 Å². The van der Waals surface area contributed by atoms with Crippen LogP contribution in [-0.2, 0) is 21.7 Å². The van der Waals surface area contributed by atoms with E-state index in [-0.39, 0.29) is 21.7 Å². The molecule has 0 aromatic heterocycles. The van der Waals surface area contributed by atoms with Crippen LogP contribution in [0.1, 0.15) is 133 Å². The SMILES string of the molecule is Cc1ccc2c(c1)C(C)(C)c1ccccc1-2.Cc1ccc2c(c1)C(c1ccccc1)(c1ccccc1)c1ccccc1-2.Cc1ccc2c(c1)C1(c3ccccc3-c3ccccc31)c1ccccc1-2.Cc1ccc2ccccc2c1.Cc1cccc2c1-c1ccccc1C2(C)C.Cc1cccc2ccccc12.Cc1ccccc1. The van der Waals surface area contributed by atoms with Crippen molar-refractivity contribution in [1.82, 2.24) is 0 Å². The Bertz CT molecular complexity index is 6100. The molecule has 0 heteroatoms. The van der Waals surface area contributed by atoms with Crippen molar-refractivity contribution in [3.63, 3.8) is 0 Å². The van der Waals surface area contributed by atoms with E-state index in [0.717, 1.165) is 0 Å². The molecular weight excluding hydrogens is 1360 g/mol. The normalized spacial score (nSPS) is 13.5. The molecule has 0 amide bonds. The zero-order chi connectivity index (χ0) is 78.0. The van der Waals surface area contributed by atoms with Gasteiger partial charge in [0.1, 0.15) is 0 Å².